The molecule has 0 unspecified atom stereocenters. The maximum Gasteiger partial charge on any atom is 0.211 e. The Morgan fingerprint density at radius 3 is 2.43 bits per heavy atom. The molecule has 6 nitrogen and oxygen atoms in total. The highest BCUT2D eigenvalue weighted by molar-refractivity contribution is 7.88. The summed E-state index contributed by atoms with van der Waals surface area (Å²) in [5.41, 5.74) is 0.946. The zero-order valence-corrected chi connectivity index (χ0v) is 30.5. The van der Waals surface area contributed by atoms with Gasteiger partial charge in [-0.1, -0.05) is 44.6 Å². The summed E-state index contributed by atoms with van der Waals surface area (Å²) in [6, 6.07) is 8.71. The molecular weight excluding hydrogens is 645 g/mol. The van der Waals surface area contributed by atoms with Crippen molar-refractivity contribution in [2.75, 3.05) is 19.3 Å². The fourth-order valence-electron chi connectivity index (χ4n) is 10.0. The number of nitrogens with zero attached hydrogens (tertiary/aromatic N) is 1. The molecule has 9 heteroatoms. The number of allylic oxidation sites excluding steroid dienone is 2. The second-order valence-electron chi connectivity index (χ2n) is 16.7. The van der Waals surface area contributed by atoms with Gasteiger partial charge in [-0.3, -0.25) is 4.79 Å². The van der Waals surface area contributed by atoms with Crippen LogP contribution < -0.4 is 0 Å². The third kappa shape index (κ3) is 6.82. The minimum Gasteiger partial charge on any atom is -0.393 e. The van der Waals surface area contributed by atoms with Crippen LogP contribution in [-0.2, 0) is 16.4 Å². The molecule has 2 aromatic rings. The summed E-state index contributed by atoms with van der Waals surface area (Å²) >= 11 is 0. The molecule has 0 saturated heterocycles. The average Bonchev–Trinajstić information content (AvgIpc) is 3.29. The van der Waals surface area contributed by atoms with Gasteiger partial charge in [-0.2, -0.15) is 4.31 Å². The average molecular weight is 698 g/mol. The molecule has 8 rings (SSSR count). The number of aliphatic hydroxyl groups is 2. The molecule has 0 aliphatic heterocycles. The smallest absolute Gasteiger partial charge is 0.211 e. The van der Waals surface area contributed by atoms with Gasteiger partial charge in [-0.25, -0.2) is 17.2 Å². The van der Waals surface area contributed by atoms with E-state index in [0.717, 1.165) is 42.5 Å². The van der Waals surface area contributed by atoms with E-state index in [2.05, 4.69) is 19.9 Å². The van der Waals surface area contributed by atoms with Gasteiger partial charge in [0.05, 0.1) is 18.0 Å². The van der Waals surface area contributed by atoms with E-state index in [4.69, 9.17) is 0 Å². The number of sulfonamides is 1. The number of hydrogen-bond donors (Lipinski definition) is 2. The second kappa shape index (κ2) is 13.3. The Morgan fingerprint density at radius 2 is 1.76 bits per heavy atom. The quantitative estimate of drug-likeness (QED) is 0.230. The van der Waals surface area contributed by atoms with E-state index in [1.54, 1.807) is 6.07 Å². The number of halogens is 2. The number of benzene rings is 2. The summed E-state index contributed by atoms with van der Waals surface area (Å²) in [6.07, 6.45) is 9.64. The van der Waals surface area contributed by atoms with Gasteiger partial charge < -0.3 is 10.2 Å². The summed E-state index contributed by atoms with van der Waals surface area (Å²) in [5, 5.41) is 23.7. The Morgan fingerprint density at radius 1 is 1.00 bits per heavy atom. The molecule has 0 heterocycles. The van der Waals surface area contributed by atoms with Crippen LogP contribution in [0.2, 0.25) is 0 Å². The predicted octanol–water partition coefficient (Wildman–Crippen LogP) is 7.57. The molecule has 4 saturated carbocycles. The molecule has 2 N–H and O–H groups in total. The van der Waals surface area contributed by atoms with E-state index in [-0.39, 0.29) is 29.4 Å². The molecule has 2 aromatic carbocycles. The van der Waals surface area contributed by atoms with E-state index >= 15 is 0 Å². The first-order valence-electron chi connectivity index (χ1n) is 18.1. The molecule has 0 amide bonds. The summed E-state index contributed by atoms with van der Waals surface area (Å²) in [5.74, 6) is -1.53. The Bertz CT molecular complexity index is 1740. The van der Waals surface area contributed by atoms with Gasteiger partial charge in [0.1, 0.15) is 0 Å². The number of carbonyl (C=O) groups excluding carboxylic acids is 1. The van der Waals surface area contributed by atoms with Crippen molar-refractivity contribution in [2.24, 2.45) is 28.6 Å². The Hall–Kier alpha value is -2.46. The first-order valence-corrected chi connectivity index (χ1v) is 19.9. The highest BCUT2D eigenvalue weighted by Crippen LogP contribution is 2.62. The van der Waals surface area contributed by atoms with Crippen LogP contribution in [0.25, 0.3) is 0 Å². The van der Waals surface area contributed by atoms with Gasteiger partial charge in [0, 0.05) is 29.6 Å². The van der Waals surface area contributed by atoms with Crippen molar-refractivity contribution < 1.29 is 32.2 Å². The SMILES string of the molecule is CC1=CCC[C@@]2(C)[C@@H](CC[C@@]2(O)CN(C[C@@H]2CC[C@H]3C[C@@H]2C3(C)C)S(C)(=O)=O)c2ccc(cc2C(=O)c2ccc(F)c(F)c2)C[C@@H](O)CC1. The van der Waals surface area contributed by atoms with Crippen LogP contribution in [0.1, 0.15) is 118 Å². The number of hydrogen-bond acceptors (Lipinski definition) is 5. The van der Waals surface area contributed by atoms with Gasteiger partial charge in [0.15, 0.2) is 17.4 Å². The van der Waals surface area contributed by atoms with Crippen molar-refractivity contribution >= 4 is 15.8 Å². The van der Waals surface area contributed by atoms with E-state index in [0.29, 0.717) is 74.5 Å². The molecule has 4 bridgehead atoms. The predicted molar refractivity (Wildman–Crippen MR) is 188 cm³/mol. The second-order valence-corrected chi connectivity index (χ2v) is 18.6. The third-order valence-electron chi connectivity index (χ3n) is 13.4. The van der Waals surface area contributed by atoms with Crippen LogP contribution in [0.3, 0.4) is 0 Å². The fourth-order valence-corrected chi connectivity index (χ4v) is 11.0. The Kier molecular flexibility index (Phi) is 9.83. The number of aliphatic hydroxyl groups excluding tert-OH is 1. The molecular formula is C40H53F2NO5S. The van der Waals surface area contributed by atoms with Crippen molar-refractivity contribution in [3.8, 4) is 0 Å². The Labute approximate surface area is 291 Å². The molecule has 4 fully saturated rings. The van der Waals surface area contributed by atoms with E-state index < -0.39 is 44.6 Å². The fraction of sp³-hybridized carbons (Fsp3) is 0.625. The number of fused-ring (bicyclic) bond motifs is 10. The molecule has 6 aliphatic rings. The number of ketones is 1. The van der Waals surface area contributed by atoms with Gasteiger partial charge in [0.2, 0.25) is 10.0 Å². The zero-order chi connectivity index (χ0) is 35.5. The summed E-state index contributed by atoms with van der Waals surface area (Å²) < 4.78 is 56.7. The van der Waals surface area contributed by atoms with E-state index in [9.17, 15) is 32.2 Å². The van der Waals surface area contributed by atoms with Crippen LogP contribution >= 0.6 is 0 Å². The minimum atomic E-state index is -3.66. The standard InChI is InChI=1S/C40H53F2NO5S/c1-25-7-6-17-39(4)33(16-18-40(39,46)24-43(49(5,47)48)23-28-10-12-29-22-34(28)38(29,2)3)31-14-9-26(19-30(44)13-8-25)20-32(31)37(45)27-11-15-35(41)36(42)21-27/h7,9,11,14-15,20-21,28-30,33-34,44,46H,6,8,10,12-13,16-19,22-24H2,1-5H3/t28-,29-,30-,33-,34-,39-,40+/m0/s1. The molecule has 0 radical (unpaired) electrons. The monoisotopic (exact) mass is 697 g/mol. The molecule has 6 aliphatic carbocycles. The molecule has 268 valence electrons. The first kappa shape index (κ1) is 36.3. The van der Waals surface area contributed by atoms with Gasteiger partial charge in [-0.15, -0.1) is 0 Å². The van der Waals surface area contributed by atoms with Crippen molar-refractivity contribution in [1.82, 2.24) is 4.31 Å². The molecule has 0 aromatic heterocycles. The van der Waals surface area contributed by atoms with Gasteiger partial charge in [0.25, 0.3) is 0 Å². The maximum absolute atomic E-state index is 14.4. The van der Waals surface area contributed by atoms with Gasteiger partial charge >= 0.3 is 0 Å². The molecule has 7 atom stereocenters. The minimum absolute atomic E-state index is 0.0179. The van der Waals surface area contributed by atoms with E-state index in [1.165, 1.54) is 16.6 Å². The summed E-state index contributed by atoms with van der Waals surface area (Å²) in [6.45, 7) is 9.05. The zero-order valence-electron chi connectivity index (χ0n) is 29.6. The van der Waals surface area contributed by atoms with Crippen LogP contribution in [0.15, 0.2) is 48.0 Å². The van der Waals surface area contributed by atoms with Gasteiger partial charge in [-0.05, 0) is 136 Å². The largest absolute Gasteiger partial charge is 0.393 e. The summed E-state index contributed by atoms with van der Waals surface area (Å²) in [4.78, 5) is 14.1. The topological polar surface area (TPSA) is 94.9 Å². The van der Waals surface area contributed by atoms with Crippen LogP contribution in [0, 0.1) is 40.2 Å². The van der Waals surface area contributed by atoms with Crippen LogP contribution in [-0.4, -0.2) is 59.8 Å². The number of rotatable bonds is 7. The lowest BCUT2D eigenvalue weighted by molar-refractivity contribution is -0.114. The normalized spacial score (nSPS) is 33.0. The first-order chi connectivity index (χ1) is 22.9. The maximum atomic E-state index is 14.4. The van der Waals surface area contributed by atoms with Crippen molar-refractivity contribution in [2.45, 2.75) is 110 Å². The lowest BCUT2D eigenvalue weighted by Gasteiger charge is -2.60. The van der Waals surface area contributed by atoms with E-state index in [1.807, 2.05) is 26.0 Å². The van der Waals surface area contributed by atoms with Crippen molar-refractivity contribution in [1.29, 1.82) is 0 Å². The lowest BCUT2D eigenvalue weighted by Crippen LogP contribution is -2.58. The highest BCUT2D eigenvalue weighted by atomic mass is 32.2. The number of carbonyl (C=O) groups is 1. The lowest BCUT2D eigenvalue weighted by atomic mass is 9.45. The highest BCUT2D eigenvalue weighted by Gasteiger charge is 2.59. The van der Waals surface area contributed by atoms with Crippen LogP contribution in [0.5, 0.6) is 0 Å². The Balaban J connectivity index is 1.41. The van der Waals surface area contributed by atoms with Crippen molar-refractivity contribution in [3.63, 3.8) is 0 Å². The van der Waals surface area contributed by atoms with Crippen LogP contribution in [0.4, 0.5) is 8.78 Å². The summed E-state index contributed by atoms with van der Waals surface area (Å²) in [7, 11) is -3.66. The van der Waals surface area contributed by atoms with Crippen molar-refractivity contribution in [3.05, 3.63) is 81.9 Å². The third-order valence-corrected chi connectivity index (χ3v) is 14.7. The molecule has 0 spiro atoms. The molecule has 49 heavy (non-hydrogen) atoms.